The van der Waals surface area contributed by atoms with E-state index in [0.717, 1.165) is 25.9 Å². The molecule has 0 aromatic rings. The monoisotopic (exact) mass is 253 g/mol. The van der Waals surface area contributed by atoms with Gasteiger partial charge in [-0.2, -0.15) is 0 Å². The summed E-state index contributed by atoms with van der Waals surface area (Å²) in [7, 11) is 2.16. The highest BCUT2D eigenvalue weighted by Crippen LogP contribution is 2.17. The van der Waals surface area contributed by atoms with Crippen molar-refractivity contribution in [3.05, 3.63) is 0 Å². The highest BCUT2D eigenvalue weighted by Gasteiger charge is 2.19. The zero-order chi connectivity index (χ0) is 12.8. The van der Waals surface area contributed by atoms with Gasteiger partial charge < -0.3 is 15.5 Å². The van der Waals surface area contributed by atoms with Crippen LogP contribution in [0, 0.1) is 5.92 Å². The van der Waals surface area contributed by atoms with Crippen molar-refractivity contribution in [1.82, 2.24) is 15.5 Å². The fourth-order valence-corrected chi connectivity index (χ4v) is 3.16. The first-order chi connectivity index (χ1) is 8.74. The van der Waals surface area contributed by atoms with Crippen LogP contribution < -0.4 is 10.6 Å². The lowest BCUT2D eigenvalue weighted by atomic mass is 9.96. The van der Waals surface area contributed by atoms with Crippen LogP contribution in [0.1, 0.15) is 44.9 Å². The van der Waals surface area contributed by atoms with Gasteiger partial charge in [0.1, 0.15) is 0 Å². The van der Waals surface area contributed by atoms with Gasteiger partial charge in [-0.15, -0.1) is 0 Å². The molecule has 0 aromatic carbocycles. The van der Waals surface area contributed by atoms with E-state index >= 15 is 0 Å². The molecule has 4 nitrogen and oxygen atoms in total. The average molecular weight is 253 g/mol. The number of amides is 2. The SMILES string of the molecule is CN1CCCC(CNC(=O)NC2CCCCC2)C1. The average Bonchev–Trinajstić information content (AvgIpc) is 2.38. The molecule has 1 heterocycles. The van der Waals surface area contributed by atoms with Crippen molar-refractivity contribution in [1.29, 1.82) is 0 Å². The van der Waals surface area contributed by atoms with E-state index in [9.17, 15) is 4.79 Å². The summed E-state index contributed by atoms with van der Waals surface area (Å²) in [4.78, 5) is 14.2. The standard InChI is InChI=1S/C14H27N3O/c1-17-9-5-6-12(11-17)10-15-14(18)16-13-7-3-2-4-8-13/h12-13H,2-11H2,1H3,(H2,15,16,18). The Morgan fingerprint density at radius 2 is 1.94 bits per heavy atom. The molecule has 1 atom stereocenters. The van der Waals surface area contributed by atoms with Crippen LogP contribution in [-0.2, 0) is 0 Å². The molecule has 104 valence electrons. The second kappa shape index (κ2) is 6.98. The summed E-state index contributed by atoms with van der Waals surface area (Å²) in [5, 5.41) is 6.15. The third-order valence-electron chi connectivity index (χ3n) is 4.21. The maximum absolute atomic E-state index is 11.8. The normalized spacial score (nSPS) is 26.8. The molecule has 2 amide bonds. The molecule has 0 spiro atoms. The van der Waals surface area contributed by atoms with E-state index in [4.69, 9.17) is 0 Å². The van der Waals surface area contributed by atoms with Gasteiger partial charge in [0.2, 0.25) is 0 Å². The molecule has 2 N–H and O–H groups in total. The largest absolute Gasteiger partial charge is 0.338 e. The molecular weight excluding hydrogens is 226 g/mol. The Morgan fingerprint density at radius 1 is 1.17 bits per heavy atom. The Hall–Kier alpha value is -0.770. The number of nitrogens with one attached hydrogen (secondary N) is 2. The van der Waals surface area contributed by atoms with Gasteiger partial charge in [0.05, 0.1) is 0 Å². The lowest BCUT2D eigenvalue weighted by Crippen LogP contribution is -2.46. The van der Waals surface area contributed by atoms with E-state index in [1.165, 1.54) is 38.6 Å². The van der Waals surface area contributed by atoms with Crippen LogP contribution in [0.5, 0.6) is 0 Å². The fourth-order valence-electron chi connectivity index (χ4n) is 3.16. The summed E-state index contributed by atoms with van der Waals surface area (Å²) in [6, 6.07) is 0.447. The molecule has 1 saturated carbocycles. The predicted molar refractivity (Wildman–Crippen MR) is 73.6 cm³/mol. The van der Waals surface area contributed by atoms with E-state index in [1.54, 1.807) is 0 Å². The van der Waals surface area contributed by atoms with Crippen LogP contribution in [0.3, 0.4) is 0 Å². The van der Waals surface area contributed by atoms with Crippen molar-refractivity contribution in [2.75, 3.05) is 26.7 Å². The van der Waals surface area contributed by atoms with E-state index in [1.807, 2.05) is 0 Å². The van der Waals surface area contributed by atoms with Crippen molar-refractivity contribution in [3.63, 3.8) is 0 Å². The van der Waals surface area contributed by atoms with E-state index in [2.05, 4.69) is 22.6 Å². The van der Waals surface area contributed by atoms with Crippen molar-refractivity contribution in [3.8, 4) is 0 Å². The minimum Gasteiger partial charge on any atom is -0.338 e. The van der Waals surface area contributed by atoms with Crippen LogP contribution in [0.2, 0.25) is 0 Å². The molecule has 0 aromatic heterocycles. The Morgan fingerprint density at radius 3 is 2.67 bits per heavy atom. The van der Waals surface area contributed by atoms with Gasteiger partial charge in [-0.05, 0) is 45.2 Å². The number of carbonyl (C=O) groups excluding carboxylic acids is 1. The summed E-state index contributed by atoms with van der Waals surface area (Å²) in [6.45, 7) is 3.14. The van der Waals surface area contributed by atoms with E-state index in [0.29, 0.717) is 12.0 Å². The molecule has 1 unspecified atom stereocenters. The highest BCUT2D eigenvalue weighted by atomic mass is 16.2. The van der Waals surface area contributed by atoms with Crippen molar-refractivity contribution >= 4 is 6.03 Å². The predicted octanol–water partition coefficient (Wildman–Crippen LogP) is 1.96. The molecule has 4 heteroatoms. The maximum atomic E-state index is 11.8. The van der Waals surface area contributed by atoms with Gasteiger partial charge in [0.25, 0.3) is 0 Å². The molecule has 2 rings (SSSR count). The van der Waals surface area contributed by atoms with E-state index < -0.39 is 0 Å². The topological polar surface area (TPSA) is 44.4 Å². The van der Waals surface area contributed by atoms with Gasteiger partial charge in [0.15, 0.2) is 0 Å². The molecule has 18 heavy (non-hydrogen) atoms. The Kier molecular flexibility index (Phi) is 5.29. The minimum atomic E-state index is 0.0372. The van der Waals surface area contributed by atoms with Crippen LogP contribution in [0.25, 0.3) is 0 Å². The van der Waals surface area contributed by atoms with Gasteiger partial charge in [-0.1, -0.05) is 19.3 Å². The van der Waals surface area contributed by atoms with Crippen LogP contribution in [0.15, 0.2) is 0 Å². The van der Waals surface area contributed by atoms with Gasteiger partial charge >= 0.3 is 6.03 Å². The number of hydrogen-bond acceptors (Lipinski definition) is 2. The summed E-state index contributed by atoms with van der Waals surface area (Å²) in [5.74, 6) is 0.626. The third-order valence-corrected chi connectivity index (χ3v) is 4.21. The zero-order valence-corrected chi connectivity index (χ0v) is 11.6. The molecule has 0 bridgehead atoms. The van der Waals surface area contributed by atoms with Crippen LogP contribution in [-0.4, -0.2) is 43.7 Å². The maximum Gasteiger partial charge on any atom is 0.315 e. The summed E-state index contributed by atoms with van der Waals surface area (Å²) < 4.78 is 0. The first kappa shape index (κ1) is 13.7. The minimum absolute atomic E-state index is 0.0372. The van der Waals surface area contributed by atoms with Gasteiger partial charge in [-0.3, -0.25) is 0 Å². The zero-order valence-electron chi connectivity index (χ0n) is 11.6. The summed E-state index contributed by atoms with van der Waals surface area (Å²) >= 11 is 0. The Balaban J connectivity index is 1.61. The Bertz CT molecular complexity index is 264. The summed E-state index contributed by atoms with van der Waals surface area (Å²) in [5.41, 5.74) is 0. The first-order valence-electron chi connectivity index (χ1n) is 7.47. The number of likely N-dealkylation sites (tertiary alicyclic amines) is 1. The lowest BCUT2D eigenvalue weighted by Gasteiger charge is -2.30. The van der Waals surface area contributed by atoms with Gasteiger partial charge in [-0.25, -0.2) is 4.79 Å². The highest BCUT2D eigenvalue weighted by molar-refractivity contribution is 5.74. The Labute approximate surface area is 110 Å². The quantitative estimate of drug-likeness (QED) is 0.807. The second-order valence-electron chi connectivity index (χ2n) is 5.96. The van der Waals surface area contributed by atoms with E-state index in [-0.39, 0.29) is 6.03 Å². The third kappa shape index (κ3) is 4.48. The van der Waals surface area contributed by atoms with Gasteiger partial charge in [0, 0.05) is 19.1 Å². The molecule has 1 aliphatic carbocycles. The van der Waals surface area contributed by atoms with Crippen LogP contribution in [0.4, 0.5) is 4.79 Å². The number of piperidine rings is 1. The smallest absolute Gasteiger partial charge is 0.315 e. The fraction of sp³-hybridized carbons (Fsp3) is 0.929. The molecule has 2 fully saturated rings. The van der Waals surface area contributed by atoms with Crippen molar-refractivity contribution < 1.29 is 4.79 Å². The summed E-state index contributed by atoms with van der Waals surface area (Å²) in [6.07, 6.45) is 8.66. The van der Waals surface area contributed by atoms with Crippen molar-refractivity contribution in [2.45, 2.75) is 51.0 Å². The number of carbonyl (C=O) groups is 1. The molecule has 0 radical (unpaired) electrons. The molecule has 1 aliphatic heterocycles. The molecule has 1 saturated heterocycles. The van der Waals surface area contributed by atoms with Crippen LogP contribution >= 0.6 is 0 Å². The number of rotatable bonds is 3. The lowest BCUT2D eigenvalue weighted by molar-refractivity contribution is 0.200. The molecule has 2 aliphatic rings. The number of nitrogens with zero attached hydrogens (tertiary/aromatic N) is 1. The second-order valence-corrected chi connectivity index (χ2v) is 5.96. The van der Waals surface area contributed by atoms with Crippen molar-refractivity contribution in [2.24, 2.45) is 5.92 Å². The first-order valence-corrected chi connectivity index (χ1v) is 7.47. The number of hydrogen-bond donors (Lipinski definition) is 2. The molecular formula is C14H27N3O. The number of urea groups is 1.